The van der Waals surface area contributed by atoms with Crippen LogP contribution in [0, 0.1) is 0 Å². The quantitative estimate of drug-likeness (QED) is 0.239. The highest BCUT2D eigenvalue weighted by atomic mass is 35.5. The van der Waals surface area contributed by atoms with Gasteiger partial charge in [0.15, 0.2) is 5.58 Å². The molecule has 5 aromatic rings. The Kier molecular flexibility index (Phi) is 7.46. The Morgan fingerprint density at radius 3 is 1.90 bits per heavy atom. The van der Waals surface area contributed by atoms with E-state index in [0.29, 0.717) is 13.1 Å². The third kappa shape index (κ3) is 5.70. The van der Waals surface area contributed by atoms with Gasteiger partial charge in [0.25, 0.3) is 0 Å². The van der Waals surface area contributed by atoms with E-state index in [1.165, 1.54) is 30.3 Å². The summed E-state index contributed by atoms with van der Waals surface area (Å²) in [6.45, 7) is 1.16. The molecule has 0 atom stereocenters. The molecule has 0 aliphatic heterocycles. The van der Waals surface area contributed by atoms with Crippen LogP contribution in [0.3, 0.4) is 0 Å². The van der Waals surface area contributed by atoms with Gasteiger partial charge >= 0.3 is 6.18 Å². The molecule has 2 N–H and O–H groups in total. The average Bonchev–Trinajstić information content (AvgIpc) is 2.91. The highest BCUT2D eigenvalue weighted by Crippen LogP contribution is 2.40. The molecule has 4 nitrogen and oxygen atoms in total. The first-order valence-electron chi connectivity index (χ1n) is 12.3. The Bertz CT molecular complexity index is 1630. The standard InChI is InChI=1S/C31H23ClF3NO3/c32-25-14-8-7-13-22(25)27-28(38)23-15-16-26(37)24(29(23)39-30(27)31(33,34)35)19-36(17-20-9-3-1-4-10-20)18-21-11-5-2-6-12-21/h1-16,37H,17-19H2/p+1. The maximum Gasteiger partial charge on any atom is 0.450 e. The monoisotopic (exact) mass is 550 g/mol. The second-order valence-electron chi connectivity index (χ2n) is 9.30. The number of rotatable bonds is 7. The van der Waals surface area contributed by atoms with Crippen LogP contribution in [0.2, 0.25) is 5.02 Å². The van der Waals surface area contributed by atoms with Crippen molar-refractivity contribution in [3.05, 3.63) is 135 Å². The molecule has 8 heteroatoms. The van der Waals surface area contributed by atoms with Gasteiger partial charge in [-0.3, -0.25) is 4.79 Å². The normalized spacial score (nSPS) is 11.8. The molecular weight excluding hydrogens is 527 g/mol. The SMILES string of the molecule is O=c1c(-c2ccccc2Cl)c(C(F)(F)F)oc2c(C[NH+](Cc3ccccc3)Cc3ccccc3)c(O)ccc12. The lowest BCUT2D eigenvalue weighted by atomic mass is 10.00. The van der Waals surface area contributed by atoms with Crippen LogP contribution < -0.4 is 10.3 Å². The molecule has 0 aliphatic rings. The number of nitrogens with one attached hydrogen (secondary N) is 1. The molecule has 4 aromatic carbocycles. The number of aromatic hydroxyl groups is 1. The summed E-state index contributed by atoms with van der Waals surface area (Å²) < 4.78 is 48.4. The fraction of sp³-hybridized carbons (Fsp3) is 0.129. The van der Waals surface area contributed by atoms with Gasteiger partial charge in [-0.05, 0) is 18.2 Å². The second-order valence-corrected chi connectivity index (χ2v) is 9.71. The lowest BCUT2D eigenvalue weighted by molar-refractivity contribution is -0.941. The summed E-state index contributed by atoms with van der Waals surface area (Å²) >= 11 is 6.19. The lowest BCUT2D eigenvalue weighted by Gasteiger charge is -2.22. The second kappa shape index (κ2) is 11.0. The summed E-state index contributed by atoms with van der Waals surface area (Å²) in [5.41, 5.74) is 0.269. The highest BCUT2D eigenvalue weighted by molar-refractivity contribution is 6.33. The van der Waals surface area contributed by atoms with Crippen molar-refractivity contribution >= 4 is 22.6 Å². The first kappa shape index (κ1) is 26.5. The molecule has 0 fully saturated rings. The van der Waals surface area contributed by atoms with E-state index in [9.17, 15) is 23.1 Å². The van der Waals surface area contributed by atoms with Crippen molar-refractivity contribution in [2.45, 2.75) is 25.8 Å². The molecule has 1 heterocycles. The van der Waals surface area contributed by atoms with E-state index in [2.05, 4.69) is 0 Å². The van der Waals surface area contributed by atoms with Crippen molar-refractivity contribution in [1.29, 1.82) is 0 Å². The molecule has 0 spiro atoms. The number of phenolic OH excluding ortho intramolecular Hbond substituents is 1. The van der Waals surface area contributed by atoms with Gasteiger partial charge < -0.3 is 14.4 Å². The minimum atomic E-state index is -4.98. The molecule has 39 heavy (non-hydrogen) atoms. The molecular formula is C31H24ClF3NO3+. The molecule has 0 unspecified atom stereocenters. The number of hydrogen-bond donors (Lipinski definition) is 2. The fourth-order valence-corrected chi connectivity index (χ4v) is 5.02. The smallest absolute Gasteiger partial charge is 0.450 e. The van der Waals surface area contributed by atoms with Crippen LogP contribution in [0.1, 0.15) is 22.5 Å². The van der Waals surface area contributed by atoms with E-state index in [4.69, 9.17) is 16.0 Å². The van der Waals surface area contributed by atoms with Gasteiger partial charge in [-0.15, -0.1) is 0 Å². The Morgan fingerprint density at radius 2 is 1.33 bits per heavy atom. The summed E-state index contributed by atoms with van der Waals surface area (Å²) in [4.78, 5) is 14.5. The Balaban J connectivity index is 1.67. The van der Waals surface area contributed by atoms with Crippen molar-refractivity contribution in [2.24, 2.45) is 0 Å². The topological polar surface area (TPSA) is 54.9 Å². The summed E-state index contributed by atoms with van der Waals surface area (Å²) in [5.74, 6) is -1.70. The third-order valence-corrected chi connectivity index (χ3v) is 6.89. The van der Waals surface area contributed by atoms with Crippen LogP contribution in [0.4, 0.5) is 13.2 Å². The van der Waals surface area contributed by atoms with Crippen LogP contribution in [-0.2, 0) is 25.8 Å². The van der Waals surface area contributed by atoms with Gasteiger partial charge in [0, 0.05) is 21.7 Å². The van der Waals surface area contributed by atoms with Crippen LogP contribution in [-0.4, -0.2) is 5.11 Å². The number of fused-ring (bicyclic) bond motifs is 1. The van der Waals surface area contributed by atoms with Gasteiger partial charge in [0.05, 0.1) is 16.5 Å². The van der Waals surface area contributed by atoms with Crippen molar-refractivity contribution in [3.8, 4) is 16.9 Å². The first-order chi connectivity index (χ1) is 18.7. The number of alkyl halides is 3. The van der Waals surface area contributed by atoms with Crippen LogP contribution in [0.25, 0.3) is 22.1 Å². The van der Waals surface area contributed by atoms with Gasteiger partial charge in [-0.25, -0.2) is 0 Å². The molecule has 0 aliphatic carbocycles. The number of halogens is 4. The van der Waals surface area contributed by atoms with Crippen LogP contribution in [0.15, 0.2) is 106 Å². The number of benzene rings is 4. The van der Waals surface area contributed by atoms with E-state index >= 15 is 0 Å². The van der Waals surface area contributed by atoms with Gasteiger partial charge in [-0.1, -0.05) is 90.5 Å². The van der Waals surface area contributed by atoms with Gasteiger partial charge in [0.1, 0.15) is 25.4 Å². The lowest BCUT2D eigenvalue weighted by Crippen LogP contribution is -3.08. The summed E-state index contributed by atoms with van der Waals surface area (Å²) in [5, 5.41) is 10.8. The Morgan fingerprint density at radius 1 is 0.769 bits per heavy atom. The molecule has 1 aromatic heterocycles. The minimum absolute atomic E-state index is 0.00464. The van der Waals surface area contributed by atoms with Crippen LogP contribution >= 0.6 is 11.6 Å². The van der Waals surface area contributed by atoms with Gasteiger partial charge in [-0.2, -0.15) is 13.2 Å². The summed E-state index contributed by atoms with van der Waals surface area (Å²) in [6, 6.07) is 27.7. The van der Waals surface area contributed by atoms with E-state index in [-0.39, 0.29) is 39.4 Å². The first-order valence-corrected chi connectivity index (χ1v) is 12.7. The predicted molar refractivity (Wildman–Crippen MR) is 145 cm³/mol. The molecule has 0 saturated carbocycles. The van der Waals surface area contributed by atoms with E-state index < -0.39 is 22.9 Å². The molecule has 198 valence electrons. The Labute approximate surface area is 227 Å². The maximum absolute atomic E-state index is 14.3. The predicted octanol–water partition coefficient (Wildman–Crippen LogP) is 6.62. The zero-order chi connectivity index (χ0) is 27.6. The zero-order valence-electron chi connectivity index (χ0n) is 20.6. The van der Waals surface area contributed by atoms with Crippen LogP contribution in [0.5, 0.6) is 5.75 Å². The van der Waals surface area contributed by atoms with Crippen molar-refractivity contribution in [2.75, 3.05) is 0 Å². The molecule has 0 saturated heterocycles. The van der Waals surface area contributed by atoms with E-state index in [1.54, 1.807) is 6.07 Å². The van der Waals surface area contributed by atoms with E-state index in [1.807, 2.05) is 60.7 Å². The Hall–Kier alpha value is -4.07. The maximum atomic E-state index is 14.3. The fourth-order valence-electron chi connectivity index (χ4n) is 4.79. The highest BCUT2D eigenvalue weighted by Gasteiger charge is 2.40. The molecule has 0 bridgehead atoms. The third-order valence-electron chi connectivity index (χ3n) is 6.56. The summed E-state index contributed by atoms with van der Waals surface area (Å²) in [6.07, 6.45) is -4.98. The molecule has 0 amide bonds. The number of hydrogen-bond acceptors (Lipinski definition) is 3. The van der Waals surface area contributed by atoms with Crippen molar-refractivity contribution in [3.63, 3.8) is 0 Å². The minimum Gasteiger partial charge on any atom is -0.507 e. The van der Waals surface area contributed by atoms with Gasteiger partial charge in [0.2, 0.25) is 11.2 Å². The summed E-state index contributed by atoms with van der Waals surface area (Å²) in [7, 11) is 0. The van der Waals surface area contributed by atoms with Crippen molar-refractivity contribution < 1.29 is 27.6 Å². The number of phenols is 1. The largest absolute Gasteiger partial charge is 0.507 e. The van der Waals surface area contributed by atoms with E-state index in [0.717, 1.165) is 16.0 Å². The number of quaternary nitrogens is 1. The molecule has 5 rings (SSSR count). The molecule has 0 radical (unpaired) electrons. The average molecular weight is 551 g/mol. The zero-order valence-corrected chi connectivity index (χ0v) is 21.4. The van der Waals surface area contributed by atoms with Crippen molar-refractivity contribution in [1.82, 2.24) is 0 Å².